The molecule has 15 heavy (non-hydrogen) atoms. The topological polar surface area (TPSA) is 46.2 Å². The van der Waals surface area contributed by atoms with E-state index < -0.39 is 10.0 Å². The number of halogens is 1. The lowest BCUT2D eigenvalue weighted by atomic mass is 9.94. The second-order valence-electron chi connectivity index (χ2n) is 4.92. The van der Waals surface area contributed by atoms with Crippen LogP contribution in [0.5, 0.6) is 0 Å². The molecule has 0 rings (SSSR count). The standard InChI is InChI=1S/C10H22ClNO2S/c1-10(2,3)6-9-15(13,14)12-8-5-4-7-11/h12H,4-9H2,1-3H3. The predicted octanol–water partition coefficient (Wildman–Crippen LogP) is 2.36. The monoisotopic (exact) mass is 255 g/mol. The van der Waals surface area contributed by atoms with Gasteiger partial charge in [0.1, 0.15) is 0 Å². The van der Waals surface area contributed by atoms with Crippen LogP contribution in [0.1, 0.15) is 40.0 Å². The Bertz CT molecular complexity index is 257. The van der Waals surface area contributed by atoms with Crippen molar-refractivity contribution in [1.82, 2.24) is 4.72 Å². The normalized spacial score (nSPS) is 13.1. The fourth-order valence-corrected chi connectivity index (χ4v) is 2.63. The van der Waals surface area contributed by atoms with E-state index in [0.29, 0.717) is 18.8 Å². The van der Waals surface area contributed by atoms with Gasteiger partial charge in [0.15, 0.2) is 0 Å². The van der Waals surface area contributed by atoms with Crippen molar-refractivity contribution in [2.24, 2.45) is 5.41 Å². The van der Waals surface area contributed by atoms with Gasteiger partial charge in [0.05, 0.1) is 5.75 Å². The minimum Gasteiger partial charge on any atom is -0.215 e. The van der Waals surface area contributed by atoms with Gasteiger partial charge in [-0.1, -0.05) is 20.8 Å². The lowest BCUT2D eigenvalue weighted by Gasteiger charge is -2.17. The van der Waals surface area contributed by atoms with Crippen LogP contribution in [-0.4, -0.2) is 26.6 Å². The summed E-state index contributed by atoms with van der Waals surface area (Å²) in [6.07, 6.45) is 2.33. The quantitative estimate of drug-likeness (QED) is 0.561. The Morgan fingerprint density at radius 1 is 1.20 bits per heavy atom. The largest absolute Gasteiger partial charge is 0.215 e. The van der Waals surface area contributed by atoms with Gasteiger partial charge in [-0.3, -0.25) is 0 Å². The minimum atomic E-state index is -3.09. The molecule has 0 atom stereocenters. The molecule has 1 N–H and O–H groups in total. The molecule has 0 unspecified atom stereocenters. The molecule has 0 heterocycles. The van der Waals surface area contributed by atoms with Crippen LogP contribution in [0.4, 0.5) is 0 Å². The summed E-state index contributed by atoms with van der Waals surface area (Å²) in [4.78, 5) is 0. The molecule has 0 saturated heterocycles. The minimum absolute atomic E-state index is 0.0604. The van der Waals surface area contributed by atoms with Crippen LogP contribution in [0.2, 0.25) is 0 Å². The van der Waals surface area contributed by atoms with Gasteiger partial charge >= 0.3 is 0 Å². The molecule has 0 spiro atoms. The summed E-state index contributed by atoms with van der Waals surface area (Å²) in [5, 5.41) is 0. The Morgan fingerprint density at radius 2 is 1.80 bits per heavy atom. The van der Waals surface area contributed by atoms with Crippen LogP contribution < -0.4 is 4.72 Å². The molecule has 0 fully saturated rings. The van der Waals surface area contributed by atoms with Gasteiger partial charge in [0.25, 0.3) is 0 Å². The predicted molar refractivity (Wildman–Crippen MR) is 65.8 cm³/mol. The van der Waals surface area contributed by atoms with Gasteiger partial charge in [-0.15, -0.1) is 11.6 Å². The van der Waals surface area contributed by atoms with Gasteiger partial charge in [0.2, 0.25) is 10.0 Å². The first-order chi connectivity index (χ1) is 6.77. The van der Waals surface area contributed by atoms with Crippen LogP contribution in [0.15, 0.2) is 0 Å². The van der Waals surface area contributed by atoms with Crippen LogP contribution in [0.25, 0.3) is 0 Å². The van der Waals surface area contributed by atoms with E-state index in [1.54, 1.807) is 0 Å². The van der Waals surface area contributed by atoms with E-state index in [1.807, 2.05) is 20.8 Å². The molecule has 92 valence electrons. The maximum absolute atomic E-state index is 11.5. The van der Waals surface area contributed by atoms with E-state index in [1.165, 1.54) is 0 Å². The molecule has 0 amide bonds. The fraction of sp³-hybridized carbons (Fsp3) is 1.00. The fourth-order valence-electron chi connectivity index (χ4n) is 0.960. The smallest absolute Gasteiger partial charge is 0.211 e. The highest BCUT2D eigenvalue weighted by Gasteiger charge is 2.16. The molecule has 0 bridgehead atoms. The highest BCUT2D eigenvalue weighted by Crippen LogP contribution is 2.18. The van der Waals surface area contributed by atoms with Crippen LogP contribution in [-0.2, 0) is 10.0 Å². The Labute approximate surface area is 98.6 Å². The number of unbranched alkanes of at least 4 members (excludes halogenated alkanes) is 1. The first-order valence-corrected chi connectivity index (χ1v) is 7.49. The molecule has 3 nitrogen and oxygen atoms in total. The summed E-state index contributed by atoms with van der Waals surface area (Å²) in [5.41, 5.74) is 0.0604. The van der Waals surface area contributed by atoms with Gasteiger partial charge in [0, 0.05) is 12.4 Å². The van der Waals surface area contributed by atoms with Crippen molar-refractivity contribution in [2.75, 3.05) is 18.2 Å². The summed E-state index contributed by atoms with van der Waals surface area (Å²) < 4.78 is 25.6. The maximum Gasteiger partial charge on any atom is 0.211 e. The third-order valence-corrected chi connectivity index (χ3v) is 3.66. The molecular weight excluding hydrogens is 234 g/mol. The molecule has 0 radical (unpaired) electrons. The summed E-state index contributed by atoms with van der Waals surface area (Å²) in [6.45, 7) is 6.61. The molecule has 0 aliphatic heterocycles. The molecule has 0 aliphatic rings. The second-order valence-corrected chi connectivity index (χ2v) is 7.22. The zero-order valence-corrected chi connectivity index (χ0v) is 11.4. The lowest BCUT2D eigenvalue weighted by Crippen LogP contribution is -2.29. The molecule has 0 aliphatic carbocycles. The first-order valence-electron chi connectivity index (χ1n) is 5.30. The second kappa shape index (κ2) is 6.71. The number of nitrogens with one attached hydrogen (secondary N) is 1. The van der Waals surface area contributed by atoms with Gasteiger partial charge in [-0.25, -0.2) is 13.1 Å². The van der Waals surface area contributed by atoms with Crippen LogP contribution in [0.3, 0.4) is 0 Å². The molecule has 0 aromatic heterocycles. The molecule has 0 aromatic rings. The van der Waals surface area contributed by atoms with E-state index in [9.17, 15) is 8.42 Å². The Morgan fingerprint density at radius 3 is 2.27 bits per heavy atom. The average Bonchev–Trinajstić information content (AvgIpc) is 2.09. The van der Waals surface area contributed by atoms with Crippen LogP contribution >= 0.6 is 11.6 Å². The number of alkyl halides is 1. The Hall–Kier alpha value is 0.200. The zero-order chi connectivity index (χ0) is 11.9. The van der Waals surface area contributed by atoms with Crippen molar-refractivity contribution >= 4 is 21.6 Å². The van der Waals surface area contributed by atoms with Crippen molar-refractivity contribution in [3.8, 4) is 0 Å². The lowest BCUT2D eigenvalue weighted by molar-refractivity contribution is 0.396. The maximum atomic E-state index is 11.5. The highest BCUT2D eigenvalue weighted by atomic mass is 35.5. The van der Waals surface area contributed by atoms with Gasteiger partial charge in [-0.05, 0) is 24.7 Å². The third-order valence-electron chi connectivity index (χ3n) is 2.00. The number of hydrogen-bond donors (Lipinski definition) is 1. The van der Waals surface area contributed by atoms with Crippen molar-refractivity contribution < 1.29 is 8.42 Å². The highest BCUT2D eigenvalue weighted by molar-refractivity contribution is 7.89. The van der Waals surface area contributed by atoms with Crippen molar-refractivity contribution in [3.63, 3.8) is 0 Å². The van der Waals surface area contributed by atoms with Gasteiger partial charge in [-0.2, -0.15) is 0 Å². The average molecular weight is 256 g/mol. The number of hydrogen-bond acceptors (Lipinski definition) is 2. The summed E-state index contributed by atoms with van der Waals surface area (Å²) in [5.74, 6) is 0.793. The summed E-state index contributed by atoms with van der Waals surface area (Å²) >= 11 is 5.50. The van der Waals surface area contributed by atoms with E-state index in [2.05, 4.69) is 4.72 Å². The Balaban J connectivity index is 3.78. The van der Waals surface area contributed by atoms with Gasteiger partial charge < -0.3 is 0 Å². The van der Waals surface area contributed by atoms with Crippen molar-refractivity contribution in [3.05, 3.63) is 0 Å². The van der Waals surface area contributed by atoms with E-state index in [0.717, 1.165) is 12.8 Å². The van der Waals surface area contributed by atoms with Crippen molar-refractivity contribution in [1.29, 1.82) is 0 Å². The van der Waals surface area contributed by atoms with E-state index >= 15 is 0 Å². The SMILES string of the molecule is CC(C)(C)CCS(=O)(=O)NCCCCCl. The third kappa shape index (κ3) is 10.5. The molecular formula is C10H22ClNO2S. The van der Waals surface area contributed by atoms with Crippen molar-refractivity contribution in [2.45, 2.75) is 40.0 Å². The van der Waals surface area contributed by atoms with E-state index in [4.69, 9.17) is 11.6 Å². The first kappa shape index (κ1) is 15.2. The number of rotatable bonds is 7. The van der Waals surface area contributed by atoms with Crippen LogP contribution in [0, 0.1) is 5.41 Å². The number of sulfonamides is 1. The van der Waals surface area contributed by atoms with E-state index in [-0.39, 0.29) is 11.2 Å². The summed E-state index contributed by atoms with van der Waals surface area (Å²) in [6, 6.07) is 0. The molecule has 0 aromatic carbocycles. The summed E-state index contributed by atoms with van der Waals surface area (Å²) in [7, 11) is -3.09. The molecule has 5 heteroatoms. The zero-order valence-electron chi connectivity index (χ0n) is 9.85. The molecule has 0 saturated carbocycles. The Kier molecular flexibility index (Phi) is 6.80.